The van der Waals surface area contributed by atoms with Gasteiger partial charge in [-0.25, -0.2) is 14.4 Å². The van der Waals surface area contributed by atoms with Gasteiger partial charge in [-0.05, 0) is 35.0 Å². The highest BCUT2D eigenvalue weighted by atomic mass is 79.9. The third-order valence-corrected chi connectivity index (χ3v) is 3.05. The Morgan fingerprint density at radius 2 is 2.00 bits per heavy atom. The lowest BCUT2D eigenvalue weighted by Crippen LogP contribution is -2.41. The molecule has 1 aromatic rings. The number of hydrogen-bond acceptors (Lipinski definition) is 4. The fourth-order valence-corrected chi connectivity index (χ4v) is 1.88. The normalized spacial score (nSPS) is 11.3. The van der Waals surface area contributed by atoms with Gasteiger partial charge in [-0.15, -0.1) is 0 Å². The number of rotatable bonds is 4. The van der Waals surface area contributed by atoms with E-state index in [1.165, 1.54) is 26.2 Å². The van der Waals surface area contributed by atoms with Crippen LogP contribution in [0.25, 0.3) is 0 Å². The largest absolute Gasteiger partial charge is 0.478 e. The second-order valence-electron chi connectivity index (χ2n) is 3.81. The molecule has 108 valence electrons. The summed E-state index contributed by atoms with van der Waals surface area (Å²) in [6, 6.07) is 2.92. The van der Waals surface area contributed by atoms with E-state index in [1.54, 1.807) is 6.07 Å². The number of carbonyl (C=O) groups excluding carboxylic acids is 2. The molecule has 1 aromatic carbocycles. The summed E-state index contributed by atoms with van der Waals surface area (Å²) in [5, 5.41) is 13.8. The average Bonchev–Trinajstić information content (AvgIpc) is 2.39. The molecule has 0 aliphatic carbocycles. The molecule has 0 aliphatic rings. The first kappa shape index (κ1) is 16.0. The maximum absolute atomic E-state index is 11.7. The van der Waals surface area contributed by atoms with Crippen molar-refractivity contribution in [2.24, 2.45) is 0 Å². The molecule has 0 radical (unpaired) electrons. The van der Waals surface area contributed by atoms with Gasteiger partial charge in [-0.2, -0.15) is 0 Å². The van der Waals surface area contributed by atoms with Crippen LogP contribution in [0.4, 0.5) is 10.5 Å². The molecule has 3 N–H and O–H groups in total. The third kappa shape index (κ3) is 3.95. The number of urea groups is 1. The monoisotopic (exact) mass is 344 g/mol. The van der Waals surface area contributed by atoms with Gasteiger partial charge < -0.3 is 20.5 Å². The first-order valence-electron chi connectivity index (χ1n) is 5.54. The topological polar surface area (TPSA) is 105 Å². The van der Waals surface area contributed by atoms with Crippen LogP contribution >= 0.6 is 15.9 Å². The smallest absolute Gasteiger partial charge is 0.337 e. The minimum atomic E-state index is -1.18. The highest BCUT2D eigenvalue weighted by Gasteiger charge is 2.19. The van der Waals surface area contributed by atoms with Crippen molar-refractivity contribution in [3.63, 3.8) is 0 Å². The van der Waals surface area contributed by atoms with Crippen LogP contribution in [0.3, 0.4) is 0 Å². The molecule has 8 heteroatoms. The van der Waals surface area contributed by atoms with Gasteiger partial charge >= 0.3 is 18.0 Å². The van der Waals surface area contributed by atoms with Crippen molar-refractivity contribution >= 4 is 39.6 Å². The van der Waals surface area contributed by atoms with E-state index in [0.29, 0.717) is 4.47 Å². The molecule has 0 spiro atoms. The Balaban J connectivity index is 2.86. The molecular weight excluding hydrogens is 332 g/mol. The summed E-state index contributed by atoms with van der Waals surface area (Å²) < 4.78 is 4.88. The number of carboxylic acids is 1. The molecule has 0 aliphatic heterocycles. The van der Waals surface area contributed by atoms with Crippen molar-refractivity contribution in [2.75, 3.05) is 12.4 Å². The van der Waals surface area contributed by atoms with Crippen LogP contribution in [0.2, 0.25) is 0 Å². The Morgan fingerprint density at radius 1 is 1.35 bits per heavy atom. The van der Waals surface area contributed by atoms with Gasteiger partial charge in [0.2, 0.25) is 0 Å². The second kappa shape index (κ2) is 6.90. The van der Waals surface area contributed by atoms with Crippen LogP contribution < -0.4 is 10.6 Å². The van der Waals surface area contributed by atoms with Crippen LogP contribution in [0.5, 0.6) is 0 Å². The van der Waals surface area contributed by atoms with Crippen molar-refractivity contribution in [1.29, 1.82) is 0 Å². The molecule has 1 atom stereocenters. The van der Waals surface area contributed by atoms with Crippen molar-refractivity contribution < 1.29 is 24.2 Å². The van der Waals surface area contributed by atoms with E-state index in [1.807, 2.05) is 0 Å². The van der Waals surface area contributed by atoms with Crippen molar-refractivity contribution in [2.45, 2.75) is 13.0 Å². The number of halogens is 1. The van der Waals surface area contributed by atoms with Crippen molar-refractivity contribution in [3.05, 3.63) is 28.2 Å². The first-order chi connectivity index (χ1) is 9.36. The van der Waals surface area contributed by atoms with Crippen molar-refractivity contribution in [3.8, 4) is 0 Å². The van der Waals surface area contributed by atoms with Gasteiger partial charge in [0.05, 0.1) is 18.4 Å². The summed E-state index contributed by atoms with van der Waals surface area (Å²) in [4.78, 5) is 34.0. The molecule has 0 fully saturated rings. The van der Waals surface area contributed by atoms with Gasteiger partial charge in [0.1, 0.15) is 6.04 Å². The molecule has 1 unspecified atom stereocenters. The van der Waals surface area contributed by atoms with E-state index in [-0.39, 0.29) is 11.3 Å². The zero-order valence-electron chi connectivity index (χ0n) is 10.8. The lowest BCUT2D eigenvalue weighted by Gasteiger charge is -2.14. The maximum Gasteiger partial charge on any atom is 0.337 e. The minimum absolute atomic E-state index is 0.0692. The van der Waals surface area contributed by atoms with Crippen LogP contribution in [0.15, 0.2) is 22.7 Å². The number of carbonyl (C=O) groups is 3. The fraction of sp³-hybridized carbons (Fsp3) is 0.250. The second-order valence-corrected chi connectivity index (χ2v) is 4.67. The lowest BCUT2D eigenvalue weighted by molar-refractivity contribution is -0.142. The van der Waals surface area contributed by atoms with Gasteiger partial charge in [0, 0.05) is 4.47 Å². The zero-order chi connectivity index (χ0) is 15.3. The molecule has 7 nitrogen and oxygen atoms in total. The number of benzene rings is 1. The number of ether oxygens (including phenoxy) is 1. The maximum atomic E-state index is 11.7. The standard InChI is InChI=1S/C12H13BrN2O5/c1-6(11(18)20-2)14-12(19)15-9-7(10(16)17)4-3-5-8(9)13/h3-6H,1-2H3,(H,16,17)(H2,14,15,19). The fourth-order valence-electron chi connectivity index (χ4n) is 1.41. The number of para-hydroxylation sites is 1. The molecule has 0 saturated heterocycles. The SMILES string of the molecule is COC(=O)C(C)NC(=O)Nc1c(Br)cccc1C(=O)O. The van der Waals surface area contributed by atoms with E-state index < -0.39 is 24.0 Å². The van der Waals surface area contributed by atoms with E-state index in [4.69, 9.17) is 5.11 Å². The number of anilines is 1. The number of carboxylic acid groups (broad SMARTS) is 1. The summed E-state index contributed by atoms with van der Waals surface area (Å²) in [5.74, 6) is -1.78. The van der Waals surface area contributed by atoms with Crippen LogP contribution in [-0.2, 0) is 9.53 Å². The Labute approximate surface area is 123 Å². The molecule has 20 heavy (non-hydrogen) atoms. The Bertz CT molecular complexity index is 547. The van der Waals surface area contributed by atoms with Crippen LogP contribution in [0, 0.1) is 0 Å². The summed E-state index contributed by atoms with van der Waals surface area (Å²) in [6.45, 7) is 1.45. The van der Waals surface area contributed by atoms with E-state index in [0.717, 1.165) is 0 Å². The van der Waals surface area contributed by atoms with Crippen LogP contribution in [0.1, 0.15) is 17.3 Å². The summed E-state index contributed by atoms with van der Waals surface area (Å²) in [5.41, 5.74) is 0.0369. The number of aromatic carboxylic acids is 1. The average molecular weight is 345 g/mol. The number of hydrogen-bond donors (Lipinski definition) is 3. The predicted molar refractivity (Wildman–Crippen MR) is 74.7 cm³/mol. The Morgan fingerprint density at radius 3 is 2.55 bits per heavy atom. The molecule has 1 rings (SSSR count). The molecule has 0 bridgehead atoms. The number of methoxy groups -OCH3 is 1. The summed E-state index contributed by atoms with van der Waals surface area (Å²) >= 11 is 3.16. The number of esters is 1. The van der Waals surface area contributed by atoms with Gasteiger partial charge in [-0.3, -0.25) is 0 Å². The molecule has 0 heterocycles. The third-order valence-electron chi connectivity index (χ3n) is 2.38. The van der Waals surface area contributed by atoms with E-state index in [9.17, 15) is 14.4 Å². The quantitative estimate of drug-likeness (QED) is 0.722. The van der Waals surface area contributed by atoms with Gasteiger partial charge in [-0.1, -0.05) is 6.07 Å². The first-order valence-corrected chi connectivity index (χ1v) is 6.33. The van der Waals surface area contributed by atoms with E-state index in [2.05, 4.69) is 31.3 Å². The number of amides is 2. The Hall–Kier alpha value is -2.09. The van der Waals surface area contributed by atoms with Crippen molar-refractivity contribution in [1.82, 2.24) is 5.32 Å². The van der Waals surface area contributed by atoms with Gasteiger partial charge in [0.25, 0.3) is 0 Å². The highest BCUT2D eigenvalue weighted by molar-refractivity contribution is 9.10. The summed E-state index contributed by atoms with van der Waals surface area (Å²) in [6.07, 6.45) is 0. The zero-order valence-corrected chi connectivity index (χ0v) is 12.4. The van der Waals surface area contributed by atoms with Crippen LogP contribution in [-0.4, -0.2) is 36.2 Å². The minimum Gasteiger partial charge on any atom is -0.478 e. The molecular formula is C12H13BrN2O5. The number of nitrogens with one attached hydrogen (secondary N) is 2. The molecule has 2 amide bonds. The summed E-state index contributed by atoms with van der Waals surface area (Å²) in [7, 11) is 1.20. The highest BCUT2D eigenvalue weighted by Crippen LogP contribution is 2.26. The molecule has 0 saturated carbocycles. The van der Waals surface area contributed by atoms with E-state index >= 15 is 0 Å². The predicted octanol–water partition coefficient (Wildman–Crippen LogP) is 1.83. The lowest BCUT2D eigenvalue weighted by atomic mass is 10.2. The molecule has 0 aromatic heterocycles. The van der Waals surface area contributed by atoms with Gasteiger partial charge in [0.15, 0.2) is 0 Å². The Kier molecular flexibility index (Phi) is 5.51.